The monoisotopic (exact) mass is 756 g/mol. The molecule has 1 aromatic heterocycles. The van der Waals surface area contributed by atoms with Gasteiger partial charge in [-0.05, 0) is 103 Å². The number of hydrogen-bond donors (Lipinski definition) is 4. The van der Waals surface area contributed by atoms with Gasteiger partial charge in [-0.2, -0.15) is 0 Å². The number of aliphatic hydroxyl groups is 1. The van der Waals surface area contributed by atoms with Crippen molar-refractivity contribution in [2.75, 3.05) is 30.4 Å². The summed E-state index contributed by atoms with van der Waals surface area (Å²) in [4.78, 5) is 58.3. The molecule has 4 aliphatic heterocycles. The van der Waals surface area contributed by atoms with Crippen molar-refractivity contribution in [2.45, 2.75) is 82.6 Å². The number of nitrogens with one attached hydrogen (secondary N) is 3. The Kier molecular flexibility index (Phi) is 11.1. The van der Waals surface area contributed by atoms with E-state index in [1.165, 1.54) is 16.0 Å². The average molecular weight is 757 g/mol. The molecule has 0 aliphatic carbocycles. The predicted molar refractivity (Wildman–Crippen MR) is 212 cm³/mol. The lowest BCUT2D eigenvalue weighted by Gasteiger charge is -2.39. The second-order valence-corrected chi connectivity index (χ2v) is 15.3. The fraction of sp³-hybridized carbons (Fsp3) is 0.386. The summed E-state index contributed by atoms with van der Waals surface area (Å²) in [6.45, 7) is 2.64. The Labute approximate surface area is 326 Å². The van der Waals surface area contributed by atoms with Crippen molar-refractivity contribution in [1.29, 1.82) is 0 Å². The number of ether oxygens (including phenoxy) is 1. The van der Waals surface area contributed by atoms with Gasteiger partial charge in [0.05, 0.1) is 25.8 Å². The predicted octanol–water partition coefficient (Wildman–Crippen LogP) is 5.83. The highest BCUT2D eigenvalue weighted by atomic mass is 16.5. The molecule has 2 fully saturated rings. The first-order valence-electron chi connectivity index (χ1n) is 19.8. The van der Waals surface area contributed by atoms with Gasteiger partial charge in [0.1, 0.15) is 11.8 Å². The molecular formula is C44H48N6O6. The number of hydrogen-bond acceptors (Lipinski definition) is 9. The zero-order valence-electron chi connectivity index (χ0n) is 31.4. The molecule has 5 heterocycles. The number of benzene rings is 3. The van der Waals surface area contributed by atoms with Crippen LogP contribution < -0.4 is 20.7 Å². The molecule has 12 heteroatoms. The van der Waals surface area contributed by atoms with Gasteiger partial charge in [-0.25, -0.2) is 0 Å². The van der Waals surface area contributed by atoms with E-state index in [9.17, 15) is 24.3 Å². The molecule has 0 bridgehead atoms. The molecular weight excluding hydrogens is 709 g/mol. The number of anilines is 2. The van der Waals surface area contributed by atoms with E-state index < -0.39 is 11.9 Å². The van der Waals surface area contributed by atoms with Crippen LogP contribution in [-0.2, 0) is 27.5 Å². The van der Waals surface area contributed by atoms with Crippen LogP contribution in [0.3, 0.4) is 0 Å². The zero-order valence-corrected chi connectivity index (χ0v) is 31.4. The lowest BCUT2D eigenvalue weighted by atomic mass is 9.82. The highest BCUT2D eigenvalue weighted by Gasteiger charge is 2.44. The van der Waals surface area contributed by atoms with Crippen LogP contribution >= 0.6 is 0 Å². The summed E-state index contributed by atoms with van der Waals surface area (Å²) in [7, 11) is 0. The second-order valence-electron chi connectivity index (χ2n) is 15.3. The van der Waals surface area contributed by atoms with Crippen LogP contribution in [0.4, 0.5) is 11.4 Å². The van der Waals surface area contributed by atoms with Gasteiger partial charge in [0.2, 0.25) is 17.7 Å². The van der Waals surface area contributed by atoms with E-state index in [2.05, 4.69) is 62.2 Å². The molecule has 56 heavy (non-hydrogen) atoms. The number of unbranched alkanes of at least 4 members (excludes halogenated alkanes) is 3. The maximum Gasteiger partial charge on any atom is 0.255 e. The number of rotatable bonds is 14. The summed E-state index contributed by atoms with van der Waals surface area (Å²) in [6, 6.07) is 23.5. The summed E-state index contributed by atoms with van der Waals surface area (Å²) in [5, 5.41) is 19.3. The summed E-state index contributed by atoms with van der Waals surface area (Å²) in [5.74, 6) is -0.0316. The van der Waals surface area contributed by atoms with Gasteiger partial charge in [0, 0.05) is 66.2 Å². The highest BCUT2D eigenvalue weighted by Crippen LogP contribution is 2.48. The van der Waals surface area contributed by atoms with Gasteiger partial charge in [0.15, 0.2) is 0 Å². The van der Waals surface area contributed by atoms with E-state index in [1.807, 2.05) is 36.7 Å². The molecule has 4 atom stereocenters. The smallest absolute Gasteiger partial charge is 0.255 e. The third-order valence-electron chi connectivity index (χ3n) is 11.7. The summed E-state index contributed by atoms with van der Waals surface area (Å²) in [6.07, 6.45) is 8.98. The molecule has 0 radical (unpaired) electrons. The number of likely N-dealkylation sites (tertiary alicyclic amines) is 1. The number of aromatic nitrogens is 1. The Morgan fingerprint density at radius 1 is 0.929 bits per heavy atom. The van der Waals surface area contributed by atoms with Crippen molar-refractivity contribution < 1.29 is 29.0 Å². The number of carbonyl (C=O) groups is 4. The van der Waals surface area contributed by atoms with Crippen LogP contribution in [0.5, 0.6) is 5.75 Å². The van der Waals surface area contributed by atoms with Crippen LogP contribution in [-0.4, -0.2) is 75.4 Å². The SMILES string of the molecule is O=C1CCC(N2Cc3c(OCCCCCCC(=O)Nc4cccc(-c5ccc6c(c5)[C@H]5[C@H](CCN5Cc5ccncc5)[C@@H](CO)N6)c4)cccc3C2=O)C(=O)N1. The van der Waals surface area contributed by atoms with E-state index in [4.69, 9.17) is 4.74 Å². The average Bonchev–Trinajstić information content (AvgIpc) is 3.78. The molecule has 12 nitrogen and oxygen atoms in total. The minimum Gasteiger partial charge on any atom is -0.493 e. The van der Waals surface area contributed by atoms with Gasteiger partial charge in [-0.15, -0.1) is 0 Å². The Balaban J connectivity index is 0.812. The standard InChI is InChI=1S/C44H48N6O6/c51-27-37-33-18-21-49(25-28-16-19-45-20-17-28)42(33)34-24-30(12-13-36(34)47-37)29-7-5-8-31(23-29)46-40(52)11-3-1-2-4-22-56-39-10-6-9-32-35(39)26-50(44(32)55)38-14-15-41(53)48-43(38)54/h5-10,12-13,16-17,19-20,23-24,33,37-38,42,47,51H,1-4,11,14-15,18,21-22,25-27H2,(H,46,52)(H,48,53,54)/t33-,37-,38?,42-/m1/s1. The Hall–Kier alpha value is -5.59. The van der Waals surface area contributed by atoms with Crippen molar-refractivity contribution in [1.82, 2.24) is 20.1 Å². The van der Waals surface area contributed by atoms with Crippen molar-refractivity contribution >= 4 is 35.0 Å². The molecule has 4 aliphatic rings. The summed E-state index contributed by atoms with van der Waals surface area (Å²) >= 11 is 0. The topological polar surface area (TPSA) is 153 Å². The van der Waals surface area contributed by atoms with Crippen LogP contribution in [0.25, 0.3) is 11.1 Å². The number of amides is 4. The number of carbonyl (C=O) groups excluding carboxylic acids is 4. The molecule has 2 saturated heterocycles. The van der Waals surface area contributed by atoms with Crippen molar-refractivity contribution in [3.05, 3.63) is 107 Å². The van der Waals surface area contributed by atoms with Gasteiger partial charge in [-0.3, -0.25) is 34.4 Å². The van der Waals surface area contributed by atoms with E-state index in [0.29, 0.717) is 36.7 Å². The van der Waals surface area contributed by atoms with Gasteiger partial charge in [-0.1, -0.05) is 37.1 Å². The zero-order chi connectivity index (χ0) is 38.6. The molecule has 4 aromatic rings. The first kappa shape index (κ1) is 37.3. The number of nitrogens with zero attached hydrogens (tertiary/aromatic N) is 3. The van der Waals surface area contributed by atoms with Crippen LogP contribution in [0, 0.1) is 5.92 Å². The minimum atomic E-state index is -0.661. The number of imide groups is 1. The highest BCUT2D eigenvalue weighted by molar-refractivity contribution is 6.05. The van der Waals surface area contributed by atoms with Crippen LogP contribution in [0.15, 0.2) is 85.2 Å². The third-order valence-corrected chi connectivity index (χ3v) is 11.7. The fourth-order valence-electron chi connectivity index (χ4n) is 8.85. The van der Waals surface area contributed by atoms with Crippen molar-refractivity contribution in [3.8, 4) is 16.9 Å². The van der Waals surface area contributed by atoms with Gasteiger partial charge >= 0.3 is 0 Å². The maximum atomic E-state index is 13.1. The quantitative estimate of drug-likeness (QED) is 0.0921. The van der Waals surface area contributed by atoms with E-state index >= 15 is 0 Å². The largest absolute Gasteiger partial charge is 0.493 e. The Bertz CT molecular complexity index is 2110. The normalized spacial score (nSPS) is 21.5. The minimum absolute atomic E-state index is 0.0116. The van der Waals surface area contributed by atoms with E-state index in [1.54, 1.807) is 12.1 Å². The molecule has 290 valence electrons. The van der Waals surface area contributed by atoms with Crippen molar-refractivity contribution in [2.24, 2.45) is 5.92 Å². The molecule has 3 aromatic carbocycles. The number of aliphatic hydroxyl groups excluding tert-OH is 1. The maximum absolute atomic E-state index is 13.1. The Morgan fingerprint density at radius 3 is 2.59 bits per heavy atom. The first-order chi connectivity index (χ1) is 27.4. The second kappa shape index (κ2) is 16.6. The third kappa shape index (κ3) is 7.89. The lowest BCUT2D eigenvalue weighted by molar-refractivity contribution is -0.137. The first-order valence-corrected chi connectivity index (χ1v) is 19.8. The molecule has 0 saturated carbocycles. The Morgan fingerprint density at radius 2 is 1.75 bits per heavy atom. The fourth-order valence-corrected chi connectivity index (χ4v) is 8.85. The molecule has 4 amide bonds. The molecule has 4 N–H and O–H groups in total. The number of fused-ring (bicyclic) bond motifs is 4. The lowest BCUT2D eigenvalue weighted by Crippen LogP contribution is -2.52. The molecule has 8 rings (SSSR count). The number of pyridine rings is 1. The van der Waals surface area contributed by atoms with E-state index in [0.717, 1.165) is 73.3 Å². The summed E-state index contributed by atoms with van der Waals surface area (Å²) < 4.78 is 6.09. The number of piperidine rings is 1. The molecule has 0 spiro atoms. The van der Waals surface area contributed by atoms with Crippen LogP contribution in [0.2, 0.25) is 0 Å². The van der Waals surface area contributed by atoms with Gasteiger partial charge < -0.3 is 25.4 Å². The van der Waals surface area contributed by atoms with Gasteiger partial charge in [0.25, 0.3) is 5.91 Å². The summed E-state index contributed by atoms with van der Waals surface area (Å²) in [5.41, 5.74) is 7.71. The van der Waals surface area contributed by atoms with Crippen LogP contribution in [0.1, 0.15) is 84.5 Å². The van der Waals surface area contributed by atoms with Crippen molar-refractivity contribution in [3.63, 3.8) is 0 Å². The molecule has 1 unspecified atom stereocenters. The van der Waals surface area contributed by atoms with E-state index in [-0.39, 0.29) is 49.4 Å².